The van der Waals surface area contributed by atoms with Gasteiger partial charge in [0, 0.05) is 59.4 Å². The number of anilines is 1. The molecule has 1 unspecified atom stereocenters. The Hall–Kier alpha value is -4.39. The van der Waals surface area contributed by atoms with E-state index in [0.717, 1.165) is 52.8 Å². The number of nitrogens with zero attached hydrogens (tertiary/aromatic N) is 1. The molecule has 218 valence electrons. The van der Waals surface area contributed by atoms with E-state index in [0.29, 0.717) is 41.7 Å². The molecule has 1 aliphatic rings. The number of carbonyl (C=O) groups is 3. The van der Waals surface area contributed by atoms with Gasteiger partial charge in [0.25, 0.3) is 5.91 Å². The van der Waals surface area contributed by atoms with Gasteiger partial charge in [-0.25, -0.2) is 0 Å². The fourth-order valence-corrected chi connectivity index (χ4v) is 6.06. The smallest absolute Gasteiger partial charge is 0.308 e. The van der Waals surface area contributed by atoms with Crippen molar-refractivity contribution in [2.75, 3.05) is 18.0 Å². The molecule has 1 aromatic heterocycles. The molecule has 42 heavy (non-hydrogen) atoms. The Balaban J connectivity index is 1.64. The van der Waals surface area contributed by atoms with Crippen molar-refractivity contribution in [2.24, 2.45) is 5.92 Å². The summed E-state index contributed by atoms with van der Waals surface area (Å²) in [6, 6.07) is 19.0. The van der Waals surface area contributed by atoms with Crippen molar-refractivity contribution in [3.8, 4) is 22.5 Å². The zero-order valence-electron chi connectivity index (χ0n) is 24.7. The van der Waals surface area contributed by atoms with Crippen LogP contribution in [-0.4, -0.2) is 41.9 Å². The zero-order chi connectivity index (χ0) is 30.0. The van der Waals surface area contributed by atoms with Crippen LogP contribution in [0.3, 0.4) is 0 Å². The summed E-state index contributed by atoms with van der Waals surface area (Å²) in [5.41, 5.74) is 6.33. The largest absolute Gasteiger partial charge is 0.481 e. The van der Waals surface area contributed by atoms with Crippen molar-refractivity contribution >= 4 is 34.3 Å². The van der Waals surface area contributed by atoms with E-state index in [1.165, 1.54) is 0 Å². The van der Waals surface area contributed by atoms with Crippen molar-refractivity contribution in [3.05, 3.63) is 77.4 Å². The lowest BCUT2D eigenvalue weighted by Gasteiger charge is -2.24. The first-order chi connectivity index (χ1) is 20.2. The number of nitrogens with one attached hydrogen (secondary N) is 1. The average Bonchev–Trinajstić information content (AvgIpc) is 3.62. The molecule has 7 heteroatoms. The van der Waals surface area contributed by atoms with Crippen molar-refractivity contribution < 1.29 is 23.9 Å². The Bertz CT molecular complexity index is 1630. The number of hydrogen-bond acceptors (Lipinski definition) is 5. The third-order valence-electron chi connectivity index (χ3n) is 8.41. The van der Waals surface area contributed by atoms with Gasteiger partial charge in [-0.3, -0.25) is 14.4 Å². The van der Waals surface area contributed by atoms with Gasteiger partial charge >= 0.3 is 5.97 Å². The standard InChI is InChI=1S/C35H38N2O5/c1-5-30(38)32-27-19-26(23-10-8-11-24(18-23)34(39)36-28-13-9-12-25(28)35(40)41)29(37(6-2)7-3)20-31(27)42-33(32)22-16-14-21(4)15-17-22/h8,10-11,14-20,25,28H,5-7,9,12-13H2,1-4H3,(H,36,39)(H,40,41)/t25?,28-/m0/s1. The molecule has 5 rings (SSSR count). The summed E-state index contributed by atoms with van der Waals surface area (Å²) in [7, 11) is 0. The molecule has 1 fully saturated rings. The highest BCUT2D eigenvalue weighted by molar-refractivity contribution is 6.13. The summed E-state index contributed by atoms with van der Waals surface area (Å²) in [6.45, 7) is 9.59. The maximum absolute atomic E-state index is 13.3. The van der Waals surface area contributed by atoms with E-state index >= 15 is 0 Å². The molecule has 1 amide bonds. The van der Waals surface area contributed by atoms with Crippen molar-refractivity contribution in [1.29, 1.82) is 0 Å². The van der Waals surface area contributed by atoms with E-state index in [1.807, 2.05) is 68.4 Å². The Morgan fingerprint density at radius 3 is 2.36 bits per heavy atom. The molecule has 7 nitrogen and oxygen atoms in total. The first kappa shape index (κ1) is 29.1. The number of furan rings is 1. The average molecular weight is 567 g/mol. The number of amides is 1. The number of ketones is 1. The molecule has 0 saturated heterocycles. The number of carboxylic acids is 1. The van der Waals surface area contributed by atoms with E-state index in [-0.39, 0.29) is 17.7 Å². The molecule has 3 aromatic carbocycles. The second-order valence-electron chi connectivity index (χ2n) is 11.0. The van der Waals surface area contributed by atoms with E-state index in [4.69, 9.17) is 4.42 Å². The predicted molar refractivity (Wildman–Crippen MR) is 166 cm³/mol. The van der Waals surface area contributed by atoms with Crippen LogP contribution in [0.5, 0.6) is 0 Å². The van der Waals surface area contributed by atoms with Crippen LogP contribution in [0.1, 0.15) is 72.7 Å². The van der Waals surface area contributed by atoms with Gasteiger partial charge in [0.05, 0.1) is 11.5 Å². The van der Waals surface area contributed by atoms with Gasteiger partial charge in [0.15, 0.2) is 5.78 Å². The summed E-state index contributed by atoms with van der Waals surface area (Å²) < 4.78 is 6.42. The fourth-order valence-electron chi connectivity index (χ4n) is 6.06. The highest BCUT2D eigenvalue weighted by atomic mass is 16.4. The Morgan fingerprint density at radius 2 is 1.69 bits per heavy atom. The third-order valence-corrected chi connectivity index (χ3v) is 8.41. The number of aliphatic carboxylic acids is 1. The molecular formula is C35H38N2O5. The zero-order valence-corrected chi connectivity index (χ0v) is 24.7. The van der Waals surface area contributed by atoms with Crippen LogP contribution >= 0.6 is 0 Å². The molecule has 1 aliphatic carbocycles. The molecule has 2 N–H and O–H groups in total. The van der Waals surface area contributed by atoms with Gasteiger partial charge in [-0.15, -0.1) is 0 Å². The molecule has 1 saturated carbocycles. The van der Waals surface area contributed by atoms with Gasteiger partial charge in [0.2, 0.25) is 0 Å². The lowest BCUT2D eigenvalue weighted by molar-refractivity contribution is -0.142. The number of aryl methyl sites for hydroxylation is 1. The Kier molecular flexibility index (Phi) is 8.48. The minimum absolute atomic E-state index is 0.00328. The topological polar surface area (TPSA) is 99.9 Å². The SMILES string of the molecule is CCC(=O)c1c(-c2ccc(C)cc2)oc2cc(N(CC)CC)c(-c3cccc(C(=O)N[C@H]4CCCC4C(=O)O)c3)cc12. The summed E-state index contributed by atoms with van der Waals surface area (Å²) in [5, 5.41) is 13.3. The van der Waals surface area contributed by atoms with Crippen molar-refractivity contribution in [3.63, 3.8) is 0 Å². The van der Waals surface area contributed by atoms with Crippen LogP contribution in [0, 0.1) is 12.8 Å². The minimum atomic E-state index is -0.869. The fraction of sp³-hybridized carbons (Fsp3) is 0.343. The van der Waals surface area contributed by atoms with Crippen LogP contribution in [0.2, 0.25) is 0 Å². The predicted octanol–water partition coefficient (Wildman–Crippen LogP) is 7.50. The first-order valence-corrected chi connectivity index (χ1v) is 14.8. The van der Waals surface area contributed by atoms with Crippen LogP contribution in [0.4, 0.5) is 5.69 Å². The van der Waals surface area contributed by atoms with Crippen LogP contribution in [0.15, 0.2) is 65.1 Å². The normalized spacial score (nSPS) is 16.5. The third kappa shape index (κ3) is 5.56. The Labute approximate surface area is 246 Å². The van der Waals surface area contributed by atoms with Crippen LogP contribution in [-0.2, 0) is 4.79 Å². The summed E-state index contributed by atoms with van der Waals surface area (Å²) in [4.78, 5) is 40.5. The quantitative estimate of drug-likeness (QED) is 0.193. The molecule has 1 heterocycles. The number of carboxylic acid groups (broad SMARTS) is 1. The molecule has 2 atom stereocenters. The highest BCUT2D eigenvalue weighted by Gasteiger charge is 2.34. The minimum Gasteiger partial charge on any atom is -0.481 e. The molecule has 0 bridgehead atoms. The van der Waals surface area contributed by atoms with Gasteiger partial charge < -0.3 is 19.7 Å². The summed E-state index contributed by atoms with van der Waals surface area (Å²) in [5.74, 6) is -1.15. The molecule has 0 aliphatic heterocycles. The van der Waals surface area contributed by atoms with Gasteiger partial charge in [-0.05, 0) is 57.4 Å². The van der Waals surface area contributed by atoms with Crippen LogP contribution in [0.25, 0.3) is 33.4 Å². The van der Waals surface area contributed by atoms with Crippen LogP contribution < -0.4 is 10.2 Å². The number of Topliss-reactive ketones (excluding diaryl/α,β-unsaturated/α-hetero) is 1. The van der Waals surface area contributed by atoms with E-state index in [2.05, 4.69) is 24.1 Å². The first-order valence-electron chi connectivity index (χ1n) is 14.8. The number of carbonyl (C=O) groups excluding carboxylic acids is 2. The van der Waals surface area contributed by atoms with Gasteiger partial charge in [-0.1, -0.05) is 55.3 Å². The molecule has 0 spiro atoms. The number of rotatable bonds is 10. The summed E-state index contributed by atoms with van der Waals surface area (Å²) in [6.07, 6.45) is 2.35. The maximum Gasteiger partial charge on any atom is 0.308 e. The Morgan fingerprint density at radius 1 is 0.952 bits per heavy atom. The lowest BCUT2D eigenvalue weighted by atomic mass is 9.95. The number of fused-ring (bicyclic) bond motifs is 1. The van der Waals surface area contributed by atoms with E-state index in [1.54, 1.807) is 6.07 Å². The van der Waals surface area contributed by atoms with Gasteiger partial charge in [0.1, 0.15) is 11.3 Å². The van der Waals surface area contributed by atoms with Crippen molar-refractivity contribution in [2.45, 2.75) is 59.4 Å². The van der Waals surface area contributed by atoms with Gasteiger partial charge in [-0.2, -0.15) is 0 Å². The monoisotopic (exact) mass is 566 g/mol. The second-order valence-corrected chi connectivity index (χ2v) is 11.0. The summed E-state index contributed by atoms with van der Waals surface area (Å²) >= 11 is 0. The number of benzene rings is 3. The molecule has 0 radical (unpaired) electrons. The lowest BCUT2D eigenvalue weighted by Crippen LogP contribution is -2.40. The maximum atomic E-state index is 13.3. The van der Waals surface area contributed by atoms with E-state index in [9.17, 15) is 19.5 Å². The van der Waals surface area contributed by atoms with Crippen molar-refractivity contribution in [1.82, 2.24) is 5.32 Å². The molecular weight excluding hydrogens is 528 g/mol. The number of hydrogen-bond donors (Lipinski definition) is 2. The second kappa shape index (κ2) is 12.2. The highest BCUT2D eigenvalue weighted by Crippen LogP contribution is 2.41. The van der Waals surface area contributed by atoms with E-state index < -0.39 is 11.9 Å². The molecule has 4 aromatic rings.